The molecule has 2 amide bonds. The Balaban J connectivity index is 2.31. The highest BCUT2D eigenvalue weighted by Gasteiger charge is 2.18. The van der Waals surface area contributed by atoms with Gasteiger partial charge in [-0.3, -0.25) is 4.79 Å². The van der Waals surface area contributed by atoms with Gasteiger partial charge in [-0.1, -0.05) is 6.92 Å². The molecule has 2 N–H and O–H groups in total. The topological polar surface area (TPSA) is 82.1 Å². The third kappa shape index (κ3) is 7.29. The second kappa shape index (κ2) is 9.57. The van der Waals surface area contributed by atoms with E-state index in [9.17, 15) is 9.59 Å². The summed E-state index contributed by atoms with van der Waals surface area (Å²) in [7, 11) is 1.52. The number of hydrogen-bond acceptors (Lipinski definition) is 4. The summed E-state index contributed by atoms with van der Waals surface area (Å²) in [6, 6.07) is -0.345. The first-order valence-electron chi connectivity index (χ1n) is 7.48. The SMILES string of the molecule is COCCN(CC(=O)O)C(=O)NCC(C)CN1CCCC1. The van der Waals surface area contributed by atoms with Gasteiger partial charge in [-0.15, -0.1) is 0 Å². The fourth-order valence-corrected chi connectivity index (χ4v) is 2.46. The number of carboxylic acid groups (broad SMARTS) is 1. The Labute approximate surface area is 126 Å². The van der Waals surface area contributed by atoms with Crippen LogP contribution in [0, 0.1) is 5.92 Å². The first kappa shape index (κ1) is 17.7. The van der Waals surface area contributed by atoms with Crippen LogP contribution in [0.5, 0.6) is 0 Å². The molecule has 1 aliphatic rings. The van der Waals surface area contributed by atoms with Gasteiger partial charge in [0.15, 0.2) is 0 Å². The Morgan fingerprint density at radius 2 is 2.05 bits per heavy atom. The molecule has 21 heavy (non-hydrogen) atoms. The van der Waals surface area contributed by atoms with Gasteiger partial charge in [0.1, 0.15) is 6.54 Å². The number of nitrogens with zero attached hydrogens (tertiary/aromatic N) is 2. The molecule has 0 aromatic rings. The molecule has 0 saturated carbocycles. The number of aliphatic carboxylic acids is 1. The largest absolute Gasteiger partial charge is 0.480 e. The molecule has 1 saturated heterocycles. The zero-order valence-corrected chi connectivity index (χ0v) is 13.0. The molecule has 1 unspecified atom stereocenters. The number of nitrogens with one attached hydrogen (secondary N) is 1. The van der Waals surface area contributed by atoms with Crippen molar-refractivity contribution < 1.29 is 19.4 Å². The normalized spacial score (nSPS) is 16.7. The molecular formula is C14H27N3O4. The van der Waals surface area contributed by atoms with Gasteiger partial charge in [-0.05, 0) is 31.8 Å². The van der Waals surface area contributed by atoms with E-state index in [-0.39, 0.29) is 19.1 Å². The molecular weight excluding hydrogens is 274 g/mol. The highest BCUT2D eigenvalue weighted by Crippen LogP contribution is 2.09. The molecule has 1 atom stereocenters. The van der Waals surface area contributed by atoms with E-state index in [0.29, 0.717) is 19.1 Å². The highest BCUT2D eigenvalue weighted by molar-refractivity contribution is 5.80. The van der Waals surface area contributed by atoms with Crippen molar-refractivity contribution in [2.45, 2.75) is 19.8 Å². The van der Waals surface area contributed by atoms with E-state index in [2.05, 4.69) is 17.1 Å². The van der Waals surface area contributed by atoms with Crippen molar-refractivity contribution >= 4 is 12.0 Å². The minimum atomic E-state index is -1.02. The van der Waals surface area contributed by atoms with Crippen LogP contribution in [0.4, 0.5) is 4.79 Å². The van der Waals surface area contributed by atoms with Gasteiger partial charge >= 0.3 is 12.0 Å². The van der Waals surface area contributed by atoms with E-state index in [1.165, 1.54) is 24.9 Å². The lowest BCUT2D eigenvalue weighted by Crippen LogP contribution is -2.46. The van der Waals surface area contributed by atoms with E-state index in [0.717, 1.165) is 19.6 Å². The van der Waals surface area contributed by atoms with Crippen LogP contribution >= 0.6 is 0 Å². The summed E-state index contributed by atoms with van der Waals surface area (Å²) in [5, 5.41) is 11.6. The Morgan fingerprint density at radius 1 is 1.38 bits per heavy atom. The van der Waals surface area contributed by atoms with Crippen molar-refractivity contribution in [3.05, 3.63) is 0 Å². The van der Waals surface area contributed by atoms with Gasteiger partial charge in [0, 0.05) is 26.7 Å². The van der Waals surface area contributed by atoms with Crippen LogP contribution in [0.2, 0.25) is 0 Å². The fraction of sp³-hybridized carbons (Fsp3) is 0.857. The van der Waals surface area contributed by atoms with Gasteiger partial charge in [-0.25, -0.2) is 4.79 Å². The van der Waals surface area contributed by atoms with Crippen LogP contribution in [-0.4, -0.2) is 79.9 Å². The lowest BCUT2D eigenvalue weighted by atomic mass is 10.1. The van der Waals surface area contributed by atoms with Crippen molar-refractivity contribution in [2.75, 3.05) is 53.0 Å². The van der Waals surface area contributed by atoms with Gasteiger partial charge < -0.3 is 25.0 Å². The number of ether oxygens (including phenoxy) is 1. The van der Waals surface area contributed by atoms with Gasteiger partial charge in [0.2, 0.25) is 0 Å². The Kier molecular flexibility index (Phi) is 8.07. The summed E-state index contributed by atoms with van der Waals surface area (Å²) in [6.07, 6.45) is 2.50. The fourth-order valence-electron chi connectivity index (χ4n) is 2.46. The molecule has 0 spiro atoms. The second-order valence-electron chi connectivity index (χ2n) is 5.61. The summed E-state index contributed by atoms with van der Waals surface area (Å²) < 4.78 is 4.90. The van der Waals surface area contributed by atoms with Crippen LogP contribution in [0.1, 0.15) is 19.8 Å². The van der Waals surface area contributed by atoms with E-state index >= 15 is 0 Å². The van der Waals surface area contributed by atoms with E-state index in [4.69, 9.17) is 9.84 Å². The predicted octanol–water partition coefficient (Wildman–Crippen LogP) is 0.461. The van der Waals surface area contributed by atoms with Crippen LogP contribution in [0.3, 0.4) is 0 Å². The third-order valence-corrected chi connectivity index (χ3v) is 3.55. The first-order chi connectivity index (χ1) is 10.0. The molecule has 1 aliphatic heterocycles. The number of carbonyl (C=O) groups excluding carboxylic acids is 1. The lowest BCUT2D eigenvalue weighted by Gasteiger charge is -2.24. The molecule has 1 rings (SSSR count). The molecule has 0 bridgehead atoms. The zero-order valence-electron chi connectivity index (χ0n) is 13.0. The minimum Gasteiger partial charge on any atom is -0.480 e. The molecule has 0 radical (unpaired) electrons. The van der Waals surface area contributed by atoms with E-state index in [1.54, 1.807) is 0 Å². The zero-order chi connectivity index (χ0) is 15.7. The Morgan fingerprint density at radius 3 is 2.62 bits per heavy atom. The minimum absolute atomic E-state index is 0.273. The van der Waals surface area contributed by atoms with Crippen molar-refractivity contribution in [1.29, 1.82) is 0 Å². The molecule has 122 valence electrons. The number of urea groups is 1. The predicted molar refractivity (Wildman–Crippen MR) is 79.3 cm³/mol. The molecule has 7 heteroatoms. The number of likely N-dealkylation sites (tertiary alicyclic amines) is 1. The number of methoxy groups -OCH3 is 1. The summed E-state index contributed by atoms with van der Waals surface area (Å²) in [5.74, 6) is -0.674. The third-order valence-electron chi connectivity index (χ3n) is 3.55. The standard InChI is InChI=1S/C14H27N3O4/c1-12(10-16-5-3-4-6-16)9-15-14(20)17(7-8-21-2)11-13(18)19/h12H,3-11H2,1-2H3,(H,15,20)(H,18,19). The number of hydrogen-bond donors (Lipinski definition) is 2. The van der Waals surface area contributed by atoms with Crippen molar-refractivity contribution in [3.8, 4) is 0 Å². The quantitative estimate of drug-likeness (QED) is 0.646. The second-order valence-corrected chi connectivity index (χ2v) is 5.61. The van der Waals surface area contributed by atoms with Crippen LogP contribution < -0.4 is 5.32 Å². The van der Waals surface area contributed by atoms with Crippen molar-refractivity contribution in [1.82, 2.24) is 15.1 Å². The lowest BCUT2D eigenvalue weighted by molar-refractivity contribution is -0.137. The number of amides is 2. The summed E-state index contributed by atoms with van der Waals surface area (Å²) in [6.45, 7) is 6.18. The highest BCUT2D eigenvalue weighted by atomic mass is 16.5. The Bertz CT molecular complexity index is 332. The number of carbonyl (C=O) groups is 2. The molecule has 0 aliphatic carbocycles. The maximum Gasteiger partial charge on any atom is 0.323 e. The molecule has 7 nitrogen and oxygen atoms in total. The van der Waals surface area contributed by atoms with E-state index in [1.807, 2.05) is 0 Å². The van der Waals surface area contributed by atoms with Crippen LogP contribution in [0.25, 0.3) is 0 Å². The molecule has 0 aromatic heterocycles. The van der Waals surface area contributed by atoms with Gasteiger partial charge in [0.05, 0.1) is 6.61 Å². The molecule has 1 fully saturated rings. The Hall–Kier alpha value is -1.34. The monoisotopic (exact) mass is 301 g/mol. The number of rotatable bonds is 9. The summed E-state index contributed by atoms with van der Waals surface area (Å²) in [4.78, 5) is 26.4. The maximum atomic E-state index is 12.0. The van der Waals surface area contributed by atoms with E-state index < -0.39 is 5.97 Å². The smallest absolute Gasteiger partial charge is 0.323 e. The average molecular weight is 301 g/mol. The molecule has 0 aromatic carbocycles. The average Bonchev–Trinajstić information content (AvgIpc) is 2.93. The van der Waals surface area contributed by atoms with Crippen LogP contribution in [-0.2, 0) is 9.53 Å². The van der Waals surface area contributed by atoms with Gasteiger partial charge in [-0.2, -0.15) is 0 Å². The van der Waals surface area contributed by atoms with Crippen molar-refractivity contribution in [2.24, 2.45) is 5.92 Å². The number of carboxylic acids is 1. The van der Waals surface area contributed by atoms with Crippen LogP contribution in [0.15, 0.2) is 0 Å². The first-order valence-corrected chi connectivity index (χ1v) is 7.48. The van der Waals surface area contributed by atoms with Crippen molar-refractivity contribution in [3.63, 3.8) is 0 Å². The molecule has 1 heterocycles. The summed E-state index contributed by atoms with van der Waals surface area (Å²) >= 11 is 0. The van der Waals surface area contributed by atoms with Gasteiger partial charge in [0.25, 0.3) is 0 Å². The summed E-state index contributed by atoms with van der Waals surface area (Å²) in [5.41, 5.74) is 0. The maximum absolute atomic E-state index is 12.0.